The van der Waals surface area contributed by atoms with Gasteiger partial charge in [0.15, 0.2) is 0 Å². The predicted octanol–water partition coefficient (Wildman–Crippen LogP) is 7.49. The van der Waals surface area contributed by atoms with Gasteiger partial charge in [-0.15, -0.1) is 0 Å². The van der Waals surface area contributed by atoms with E-state index in [0.717, 1.165) is 54.7 Å². The first-order chi connectivity index (χ1) is 13.7. The highest BCUT2D eigenvalue weighted by Crippen LogP contribution is 2.44. The van der Waals surface area contributed by atoms with Crippen molar-refractivity contribution in [3.05, 3.63) is 29.1 Å². The molecule has 2 aliphatic carbocycles. The van der Waals surface area contributed by atoms with Crippen LogP contribution in [0.25, 0.3) is 0 Å². The second-order valence-corrected chi connectivity index (χ2v) is 9.86. The van der Waals surface area contributed by atoms with Gasteiger partial charge in [0.1, 0.15) is 17.7 Å². The number of benzene rings is 1. The van der Waals surface area contributed by atoms with Crippen LogP contribution < -0.4 is 4.74 Å². The molecule has 156 valence electrons. The molecule has 1 heterocycles. The molecule has 28 heavy (non-hydrogen) atoms. The molecule has 0 bridgehead atoms. The lowest BCUT2D eigenvalue weighted by Gasteiger charge is -2.40. The lowest BCUT2D eigenvalue weighted by Crippen LogP contribution is -2.35. The van der Waals surface area contributed by atoms with E-state index in [-0.39, 0.29) is 5.82 Å². The molecule has 2 fully saturated rings. The maximum absolute atomic E-state index is 14.4. The zero-order valence-electron chi connectivity index (χ0n) is 18.0. The quantitative estimate of drug-likeness (QED) is 0.509. The molecule has 1 unspecified atom stereocenters. The van der Waals surface area contributed by atoms with E-state index in [1.54, 1.807) is 6.07 Å². The monoisotopic (exact) mass is 386 g/mol. The summed E-state index contributed by atoms with van der Waals surface area (Å²) in [6.07, 6.45) is 17.0. The fourth-order valence-electron chi connectivity index (χ4n) is 6.32. The van der Waals surface area contributed by atoms with Crippen molar-refractivity contribution in [1.82, 2.24) is 0 Å². The maximum Gasteiger partial charge on any atom is 0.130 e. The third-order valence-electron chi connectivity index (χ3n) is 8.20. The molecule has 1 nitrogen and oxygen atoms in total. The third-order valence-corrected chi connectivity index (χ3v) is 8.20. The third kappa shape index (κ3) is 4.41. The molecule has 1 atom stereocenters. The second-order valence-electron chi connectivity index (χ2n) is 9.86. The molecule has 4 rings (SSSR count). The zero-order chi connectivity index (χ0) is 19.5. The molecule has 1 aromatic rings. The number of halogens is 1. The van der Waals surface area contributed by atoms with Crippen LogP contribution in [0.5, 0.6) is 5.75 Å². The fraction of sp³-hybridized carbons (Fsp3) is 0.769. The summed E-state index contributed by atoms with van der Waals surface area (Å²) in [5.74, 6) is 4.37. The van der Waals surface area contributed by atoms with Crippen molar-refractivity contribution in [2.24, 2.45) is 23.7 Å². The first-order valence-electron chi connectivity index (χ1n) is 12.2. The summed E-state index contributed by atoms with van der Waals surface area (Å²) in [5, 5.41) is 0. The van der Waals surface area contributed by atoms with Crippen molar-refractivity contribution in [1.29, 1.82) is 0 Å². The summed E-state index contributed by atoms with van der Waals surface area (Å²) in [6.45, 7) is 4.46. The van der Waals surface area contributed by atoms with Crippen molar-refractivity contribution in [3.8, 4) is 5.75 Å². The largest absolute Gasteiger partial charge is 0.490 e. The van der Waals surface area contributed by atoms with Gasteiger partial charge in [0.05, 0.1) is 0 Å². The second kappa shape index (κ2) is 9.18. The van der Waals surface area contributed by atoms with Crippen molar-refractivity contribution in [3.63, 3.8) is 0 Å². The van der Waals surface area contributed by atoms with Crippen LogP contribution in [0.3, 0.4) is 0 Å². The summed E-state index contributed by atoms with van der Waals surface area (Å²) in [6, 6.07) is 3.73. The number of rotatable bonds is 5. The molecular weight excluding hydrogens is 347 g/mol. The Hall–Kier alpha value is -1.05. The molecule has 1 aromatic carbocycles. The Balaban J connectivity index is 1.31. The van der Waals surface area contributed by atoms with E-state index in [1.807, 2.05) is 0 Å². The molecular formula is C26H39FO. The van der Waals surface area contributed by atoms with Crippen LogP contribution in [0.4, 0.5) is 4.39 Å². The Morgan fingerprint density at radius 2 is 1.50 bits per heavy atom. The molecule has 0 saturated heterocycles. The van der Waals surface area contributed by atoms with E-state index in [9.17, 15) is 4.39 Å². The Morgan fingerprint density at radius 3 is 2.14 bits per heavy atom. The highest BCUT2D eigenvalue weighted by molar-refractivity contribution is 5.40. The highest BCUT2D eigenvalue weighted by atomic mass is 19.1. The molecule has 0 spiro atoms. The van der Waals surface area contributed by atoms with E-state index in [0.29, 0.717) is 12.0 Å². The van der Waals surface area contributed by atoms with Gasteiger partial charge < -0.3 is 4.74 Å². The minimum absolute atomic E-state index is 0.0763. The van der Waals surface area contributed by atoms with Crippen LogP contribution in [-0.4, -0.2) is 6.10 Å². The number of hydrogen-bond acceptors (Lipinski definition) is 1. The van der Waals surface area contributed by atoms with Crippen molar-refractivity contribution in [2.45, 2.75) is 103 Å². The summed E-state index contributed by atoms with van der Waals surface area (Å²) < 4.78 is 20.7. The average Bonchev–Trinajstić information content (AvgIpc) is 2.74. The number of ether oxygens (including phenoxy) is 1. The first kappa shape index (κ1) is 20.2. The minimum atomic E-state index is -0.0763. The van der Waals surface area contributed by atoms with E-state index in [4.69, 9.17) is 4.74 Å². The highest BCUT2D eigenvalue weighted by Gasteiger charge is 2.35. The first-order valence-corrected chi connectivity index (χ1v) is 12.2. The van der Waals surface area contributed by atoms with Crippen molar-refractivity contribution in [2.75, 3.05) is 0 Å². The summed E-state index contributed by atoms with van der Waals surface area (Å²) in [7, 11) is 0. The topological polar surface area (TPSA) is 9.23 Å². The van der Waals surface area contributed by atoms with Crippen LogP contribution >= 0.6 is 0 Å². The fourth-order valence-corrected chi connectivity index (χ4v) is 6.32. The molecule has 1 aliphatic heterocycles. The Morgan fingerprint density at radius 1 is 0.857 bits per heavy atom. The van der Waals surface area contributed by atoms with Gasteiger partial charge in [0, 0.05) is 6.07 Å². The van der Waals surface area contributed by atoms with Gasteiger partial charge in [-0.25, -0.2) is 4.39 Å². The Bertz CT molecular complexity index is 638. The van der Waals surface area contributed by atoms with Crippen LogP contribution in [-0.2, 0) is 12.8 Å². The van der Waals surface area contributed by atoms with Gasteiger partial charge >= 0.3 is 0 Å². The molecule has 3 aliphatic rings. The van der Waals surface area contributed by atoms with Gasteiger partial charge in [-0.05, 0) is 98.7 Å². The zero-order valence-corrected chi connectivity index (χ0v) is 18.0. The Kier molecular flexibility index (Phi) is 6.63. The van der Waals surface area contributed by atoms with Crippen LogP contribution in [0.1, 0.15) is 95.6 Å². The van der Waals surface area contributed by atoms with Gasteiger partial charge in [-0.2, -0.15) is 0 Å². The summed E-state index contributed by atoms with van der Waals surface area (Å²) in [4.78, 5) is 0. The molecule has 2 saturated carbocycles. The van der Waals surface area contributed by atoms with Crippen molar-refractivity contribution >= 4 is 0 Å². The van der Waals surface area contributed by atoms with Gasteiger partial charge in [-0.3, -0.25) is 0 Å². The minimum Gasteiger partial charge on any atom is -0.490 e. The SMILES string of the molecule is CCCc1cc2c(cc1F)OC(C1CCC(C3CCC(CC)CC3)CC1)CC2. The van der Waals surface area contributed by atoms with Crippen LogP contribution in [0, 0.1) is 29.5 Å². The predicted molar refractivity (Wildman–Crippen MR) is 114 cm³/mol. The molecule has 2 heteroatoms. The average molecular weight is 387 g/mol. The molecule has 0 N–H and O–H groups in total. The lowest BCUT2D eigenvalue weighted by atomic mass is 9.68. The maximum atomic E-state index is 14.4. The van der Waals surface area contributed by atoms with Crippen LogP contribution in [0.2, 0.25) is 0 Å². The van der Waals surface area contributed by atoms with Gasteiger partial charge in [0.2, 0.25) is 0 Å². The molecule has 0 radical (unpaired) electrons. The van der Waals surface area contributed by atoms with E-state index in [2.05, 4.69) is 19.9 Å². The Labute approximate surface area is 171 Å². The summed E-state index contributed by atoms with van der Waals surface area (Å²) >= 11 is 0. The molecule has 0 aromatic heterocycles. The number of fused-ring (bicyclic) bond motifs is 1. The van der Waals surface area contributed by atoms with E-state index >= 15 is 0 Å². The molecule has 0 amide bonds. The van der Waals surface area contributed by atoms with Gasteiger partial charge in [0.25, 0.3) is 0 Å². The smallest absolute Gasteiger partial charge is 0.130 e. The van der Waals surface area contributed by atoms with E-state index in [1.165, 1.54) is 63.4 Å². The van der Waals surface area contributed by atoms with Crippen LogP contribution in [0.15, 0.2) is 12.1 Å². The lowest BCUT2D eigenvalue weighted by molar-refractivity contribution is 0.0598. The standard InChI is InChI=1S/C26H39FO/c1-3-5-22-16-23-14-15-25(28-26(23)17-24(22)27)21-12-10-20(11-13-21)19-8-6-18(4-2)7-9-19/h16-21,25H,3-15H2,1-2H3. The number of aryl methyl sites for hydroxylation is 2. The van der Waals surface area contributed by atoms with E-state index < -0.39 is 0 Å². The van der Waals surface area contributed by atoms with Gasteiger partial charge in [-0.1, -0.05) is 39.5 Å². The number of hydrogen-bond donors (Lipinski definition) is 0. The summed E-state index contributed by atoms with van der Waals surface area (Å²) in [5.41, 5.74) is 2.09. The van der Waals surface area contributed by atoms with Crippen molar-refractivity contribution < 1.29 is 9.13 Å². The normalized spacial score (nSPS) is 33.2.